The molecule has 0 radical (unpaired) electrons. The van der Waals surface area contributed by atoms with E-state index in [4.69, 9.17) is 4.74 Å². The smallest absolute Gasteiger partial charge is 0.234 e. The monoisotopic (exact) mass is 433 g/mol. The summed E-state index contributed by atoms with van der Waals surface area (Å²) in [4.78, 5) is 12.4. The summed E-state index contributed by atoms with van der Waals surface area (Å²) in [5, 5.41) is 16.7. The molecule has 0 atom stereocenters. The zero-order valence-electron chi connectivity index (χ0n) is 17.6. The highest BCUT2D eigenvalue weighted by Crippen LogP contribution is 2.23. The quantitative estimate of drug-likeness (QED) is 0.431. The van der Waals surface area contributed by atoms with Crippen LogP contribution in [0.25, 0.3) is 17.0 Å². The van der Waals surface area contributed by atoms with Crippen molar-refractivity contribution < 1.29 is 9.53 Å². The number of rotatable bonds is 7. The molecular weight excluding hydrogens is 410 g/mol. The van der Waals surface area contributed by atoms with Gasteiger partial charge >= 0.3 is 0 Å². The zero-order valence-corrected chi connectivity index (χ0v) is 18.4. The van der Waals surface area contributed by atoms with Crippen LogP contribution in [-0.2, 0) is 4.79 Å². The normalized spacial score (nSPS) is 10.9. The summed E-state index contributed by atoms with van der Waals surface area (Å²) in [7, 11) is 0. The van der Waals surface area contributed by atoms with Crippen LogP contribution in [0.3, 0.4) is 0 Å². The standard InChI is InChI=1S/C23H23N5O2S/c1-4-30-19-9-6-17(7-10-19)23-26-25-20-11-12-22(27-28(20)23)31-14-21(29)24-18-8-5-15(2)16(3)13-18/h5-13H,4,14H2,1-3H3,(H,24,29). The van der Waals surface area contributed by atoms with E-state index in [2.05, 4.69) is 20.6 Å². The Morgan fingerprint density at radius 3 is 2.58 bits per heavy atom. The molecule has 4 rings (SSSR count). The number of thioether (sulfide) groups is 1. The number of carbonyl (C=O) groups excluding carboxylic acids is 1. The molecule has 4 aromatic rings. The van der Waals surface area contributed by atoms with Gasteiger partial charge in [0.15, 0.2) is 11.5 Å². The van der Waals surface area contributed by atoms with Crippen molar-refractivity contribution in [3.8, 4) is 17.1 Å². The van der Waals surface area contributed by atoms with Gasteiger partial charge in [-0.3, -0.25) is 4.79 Å². The van der Waals surface area contributed by atoms with Crippen LogP contribution in [-0.4, -0.2) is 38.1 Å². The lowest BCUT2D eigenvalue weighted by atomic mass is 10.1. The van der Waals surface area contributed by atoms with Gasteiger partial charge in [-0.1, -0.05) is 17.8 Å². The summed E-state index contributed by atoms with van der Waals surface area (Å²) in [5.41, 5.74) is 4.67. The summed E-state index contributed by atoms with van der Waals surface area (Å²) in [5.74, 6) is 1.62. The van der Waals surface area contributed by atoms with Crippen molar-refractivity contribution >= 4 is 29.0 Å². The second-order valence-corrected chi connectivity index (χ2v) is 8.05. The maximum Gasteiger partial charge on any atom is 0.234 e. The van der Waals surface area contributed by atoms with Crippen LogP contribution < -0.4 is 10.1 Å². The van der Waals surface area contributed by atoms with Crippen molar-refractivity contribution in [1.82, 2.24) is 19.8 Å². The molecule has 0 aliphatic rings. The number of nitrogens with zero attached hydrogens (tertiary/aromatic N) is 4. The molecule has 0 aliphatic heterocycles. The molecule has 31 heavy (non-hydrogen) atoms. The number of nitrogens with one attached hydrogen (secondary N) is 1. The van der Waals surface area contributed by atoms with Crippen LogP contribution in [0.2, 0.25) is 0 Å². The van der Waals surface area contributed by atoms with Crippen molar-refractivity contribution in [1.29, 1.82) is 0 Å². The van der Waals surface area contributed by atoms with Gasteiger partial charge in [0.1, 0.15) is 10.8 Å². The molecule has 0 saturated heterocycles. The van der Waals surface area contributed by atoms with Gasteiger partial charge < -0.3 is 10.1 Å². The molecule has 0 unspecified atom stereocenters. The summed E-state index contributed by atoms with van der Waals surface area (Å²) >= 11 is 1.37. The average molecular weight is 434 g/mol. The third-order valence-corrected chi connectivity index (χ3v) is 5.72. The van der Waals surface area contributed by atoms with E-state index in [1.807, 2.05) is 75.4 Å². The lowest BCUT2D eigenvalue weighted by Crippen LogP contribution is -2.14. The van der Waals surface area contributed by atoms with Crippen molar-refractivity contribution in [2.45, 2.75) is 25.8 Å². The minimum atomic E-state index is -0.0781. The van der Waals surface area contributed by atoms with E-state index in [1.54, 1.807) is 4.52 Å². The van der Waals surface area contributed by atoms with E-state index in [0.29, 0.717) is 18.1 Å². The van der Waals surface area contributed by atoms with Crippen LogP contribution in [0.5, 0.6) is 5.75 Å². The first-order valence-electron chi connectivity index (χ1n) is 9.99. The topological polar surface area (TPSA) is 81.4 Å². The molecule has 1 amide bonds. The highest BCUT2D eigenvalue weighted by atomic mass is 32.2. The Hall–Kier alpha value is -3.39. The van der Waals surface area contributed by atoms with Crippen molar-refractivity contribution in [2.24, 2.45) is 0 Å². The summed E-state index contributed by atoms with van der Waals surface area (Å²) in [6.45, 7) is 6.64. The Morgan fingerprint density at radius 1 is 1.03 bits per heavy atom. The molecule has 7 nitrogen and oxygen atoms in total. The fourth-order valence-corrected chi connectivity index (χ4v) is 3.71. The van der Waals surface area contributed by atoms with Gasteiger partial charge in [-0.15, -0.1) is 10.2 Å². The van der Waals surface area contributed by atoms with Crippen LogP contribution >= 0.6 is 11.8 Å². The summed E-state index contributed by atoms with van der Waals surface area (Å²) < 4.78 is 7.19. The molecule has 0 aliphatic carbocycles. The number of aromatic nitrogens is 4. The van der Waals surface area contributed by atoms with Crippen molar-refractivity contribution in [3.05, 3.63) is 65.7 Å². The summed E-state index contributed by atoms with van der Waals surface area (Å²) in [6.07, 6.45) is 0. The highest BCUT2D eigenvalue weighted by molar-refractivity contribution is 7.99. The minimum Gasteiger partial charge on any atom is -0.494 e. The molecule has 0 bridgehead atoms. The molecule has 2 aromatic heterocycles. The van der Waals surface area contributed by atoms with Crippen molar-refractivity contribution in [2.75, 3.05) is 17.7 Å². The van der Waals surface area contributed by atoms with E-state index in [-0.39, 0.29) is 11.7 Å². The van der Waals surface area contributed by atoms with Crippen molar-refractivity contribution in [3.63, 3.8) is 0 Å². The predicted octanol–water partition coefficient (Wildman–Crippen LogP) is 4.54. The molecule has 2 heterocycles. The Morgan fingerprint density at radius 2 is 1.84 bits per heavy atom. The average Bonchev–Trinajstić information content (AvgIpc) is 3.19. The van der Waals surface area contributed by atoms with Crippen LogP contribution in [0.15, 0.2) is 59.6 Å². The Kier molecular flexibility index (Phi) is 6.18. The fraction of sp³-hybridized carbons (Fsp3) is 0.217. The van der Waals surface area contributed by atoms with Crippen LogP contribution in [0.1, 0.15) is 18.1 Å². The van der Waals surface area contributed by atoms with Gasteiger partial charge in [0, 0.05) is 11.3 Å². The van der Waals surface area contributed by atoms with Gasteiger partial charge in [0.25, 0.3) is 0 Å². The Balaban J connectivity index is 1.46. The van der Waals surface area contributed by atoms with Gasteiger partial charge in [-0.2, -0.15) is 9.61 Å². The minimum absolute atomic E-state index is 0.0781. The highest BCUT2D eigenvalue weighted by Gasteiger charge is 2.12. The number of anilines is 1. The summed E-state index contributed by atoms with van der Waals surface area (Å²) in [6, 6.07) is 17.2. The maximum atomic E-state index is 12.4. The lowest BCUT2D eigenvalue weighted by molar-refractivity contribution is -0.113. The zero-order chi connectivity index (χ0) is 21.8. The van der Waals surface area contributed by atoms with E-state index >= 15 is 0 Å². The SMILES string of the molecule is CCOc1ccc(-c2nnc3ccc(SCC(=O)Nc4ccc(C)c(C)c4)nn23)cc1. The molecule has 8 heteroatoms. The second kappa shape index (κ2) is 9.18. The largest absolute Gasteiger partial charge is 0.494 e. The number of ether oxygens (including phenoxy) is 1. The molecule has 1 N–H and O–H groups in total. The fourth-order valence-electron chi connectivity index (χ4n) is 3.05. The predicted molar refractivity (Wildman–Crippen MR) is 123 cm³/mol. The van der Waals surface area contributed by atoms with E-state index in [0.717, 1.165) is 27.6 Å². The Labute approximate surface area is 184 Å². The molecule has 0 saturated carbocycles. The van der Waals surface area contributed by atoms with E-state index in [9.17, 15) is 4.79 Å². The molecule has 158 valence electrons. The lowest BCUT2D eigenvalue weighted by Gasteiger charge is -2.08. The maximum absolute atomic E-state index is 12.4. The second-order valence-electron chi connectivity index (χ2n) is 7.06. The van der Waals surface area contributed by atoms with Gasteiger partial charge in [0.2, 0.25) is 5.91 Å². The Bertz CT molecular complexity index is 1220. The van der Waals surface area contributed by atoms with E-state index in [1.165, 1.54) is 17.3 Å². The third-order valence-electron chi connectivity index (χ3n) is 4.80. The first kappa shape index (κ1) is 20.9. The molecule has 2 aromatic carbocycles. The number of fused-ring (bicyclic) bond motifs is 1. The van der Waals surface area contributed by atoms with Gasteiger partial charge in [0.05, 0.1) is 12.4 Å². The molecular formula is C23H23N5O2S. The first-order valence-corrected chi connectivity index (χ1v) is 11.0. The number of benzene rings is 2. The van der Waals surface area contributed by atoms with Gasteiger partial charge in [-0.25, -0.2) is 0 Å². The number of hydrogen-bond donors (Lipinski definition) is 1. The molecule has 0 spiro atoms. The van der Waals surface area contributed by atoms with Gasteiger partial charge in [-0.05, 0) is 80.4 Å². The first-order chi connectivity index (χ1) is 15.0. The van der Waals surface area contributed by atoms with Crippen LogP contribution in [0.4, 0.5) is 5.69 Å². The van der Waals surface area contributed by atoms with Crippen LogP contribution in [0, 0.1) is 13.8 Å². The number of amides is 1. The third kappa shape index (κ3) is 4.86. The number of carbonyl (C=O) groups is 1. The molecule has 0 fully saturated rings. The number of aryl methyl sites for hydroxylation is 2. The number of hydrogen-bond acceptors (Lipinski definition) is 6. The van der Waals surface area contributed by atoms with E-state index < -0.39 is 0 Å².